The third-order valence-corrected chi connectivity index (χ3v) is 5.17. The summed E-state index contributed by atoms with van der Waals surface area (Å²) in [6.45, 7) is -2.42. The average Bonchev–Trinajstić information content (AvgIpc) is 3.30. The van der Waals surface area contributed by atoms with Gasteiger partial charge in [0.1, 0.15) is 5.56 Å². The van der Waals surface area contributed by atoms with Gasteiger partial charge < -0.3 is 16.0 Å². The number of amides is 1. The molecule has 1 aliphatic heterocycles. The Labute approximate surface area is 178 Å². The van der Waals surface area contributed by atoms with Gasteiger partial charge in [-0.2, -0.15) is 13.9 Å². The molecular weight excluding hydrogens is 439 g/mol. The Morgan fingerprint density at radius 3 is 2.81 bits per heavy atom. The van der Waals surface area contributed by atoms with Gasteiger partial charge in [0, 0.05) is 45.1 Å². The Balaban J connectivity index is 1.74. The van der Waals surface area contributed by atoms with Crippen molar-refractivity contribution in [3.05, 3.63) is 35.9 Å². The van der Waals surface area contributed by atoms with Gasteiger partial charge in [0.25, 0.3) is 11.8 Å². The molecule has 1 saturated heterocycles. The summed E-state index contributed by atoms with van der Waals surface area (Å²) in [5.74, 6) is -7.85. The number of nitrogens with zero attached hydrogens (tertiary/aromatic N) is 6. The molecule has 1 atom stereocenters. The summed E-state index contributed by atoms with van der Waals surface area (Å²) in [6, 6.07) is 0.0564. The molecule has 9 nitrogen and oxygen atoms in total. The minimum absolute atomic E-state index is 0.0230. The van der Waals surface area contributed by atoms with E-state index in [9.17, 15) is 26.7 Å². The molecule has 14 heteroatoms. The van der Waals surface area contributed by atoms with Crippen LogP contribution in [0.3, 0.4) is 0 Å². The van der Waals surface area contributed by atoms with Crippen LogP contribution in [0.2, 0.25) is 0 Å². The quantitative estimate of drug-likeness (QED) is 0.567. The maximum absolute atomic E-state index is 14.0. The smallest absolute Gasteiger partial charge is 0.321 e. The lowest BCUT2D eigenvalue weighted by atomic mass is 10.0. The number of aromatic nitrogens is 5. The molecule has 0 aromatic carbocycles. The van der Waals surface area contributed by atoms with Crippen molar-refractivity contribution >= 4 is 23.1 Å². The number of aryl methyl sites for hydroxylation is 1. The minimum Gasteiger partial charge on any atom is -0.352 e. The Bertz CT molecular complexity index is 1160. The molecule has 0 radical (unpaired) electrons. The Kier molecular flexibility index (Phi) is 5.27. The second-order valence-electron chi connectivity index (χ2n) is 7.51. The van der Waals surface area contributed by atoms with Crippen LogP contribution in [-0.2, 0) is 13.0 Å². The summed E-state index contributed by atoms with van der Waals surface area (Å²) in [6.07, 6.45) is 3.44. The highest BCUT2D eigenvalue weighted by molar-refractivity contribution is 6.12. The highest BCUT2D eigenvalue weighted by atomic mass is 19.3. The van der Waals surface area contributed by atoms with E-state index in [4.69, 9.17) is 5.73 Å². The van der Waals surface area contributed by atoms with Crippen LogP contribution < -0.4 is 16.0 Å². The first-order valence-electron chi connectivity index (χ1n) is 9.54. The van der Waals surface area contributed by atoms with Gasteiger partial charge in [-0.3, -0.25) is 9.48 Å². The van der Waals surface area contributed by atoms with E-state index < -0.39 is 48.3 Å². The predicted molar refractivity (Wildman–Crippen MR) is 104 cm³/mol. The van der Waals surface area contributed by atoms with Crippen molar-refractivity contribution < 1.29 is 26.7 Å². The van der Waals surface area contributed by atoms with E-state index in [0.717, 1.165) is 10.9 Å². The number of hydrogen-bond donors (Lipinski definition) is 2. The molecule has 172 valence electrons. The van der Waals surface area contributed by atoms with Crippen LogP contribution in [0.4, 0.5) is 33.5 Å². The Morgan fingerprint density at radius 1 is 1.38 bits per heavy atom. The van der Waals surface area contributed by atoms with Crippen molar-refractivity contribution in [2.45, 2.75) is 24.3 Å². The maximum atomic E-state index is 14.0. The van der Waals surface area contributed by atoms with Crippen LogP contribution >= 0.6 is 0 Å². The SMILES string of the molecule is Cn1cc(NC(=O)c2c(N3CCC(F)(F)C(N)C3)nn3cccnc23)c(C(F)(F)CF)n1. The van der Waals surface area contributed by atoms with Crippen molar-refractivity contribution in [3.8, 4) is 0 Å². The van der Waals surface area contributed by atoms with E-state index in [-0.39, 0.29) is 30.1 Å². The normalized spacial score (nSPS) is 18.8. The molecule has 1 unspecified atom stereocenters. The number of fused-ring (bicyclic) bond motifs is 1. The largest absolute Gasteiger partial charge is 0.352 e. The number of hydrogen-bond acceptors (Lipinski definition) is 6. The second-order valence-corrected chi connectivity index (χ2v) is 7.51. The number of nitrogens with two attached hydrogens (primary N) is 1. The molecule has 1 amide bonds. The fourth-order valence-corrected chi connectivity index (χ4v) is 3.52. The zero-order valence-corrected chi connectivity index (χ0v) is 16.8. The summed E-state index contributed by atoms with van der Waals surface area (Å²) < 4.78 is 70.8. The summed E-state index contributed by atoms with van der Waals surface area (Å²) in [4.78, 5) is 18.7. The van der Waals surface area contributed by atoms with Gasteiger partial charge in [-0.15, -0.1) is 5.10 Å². The molecular formula is C18H19F5N8O. The van der Waals surface area contributed by atoms with Crippen LogP contribution in [0.25, 0.3) is 5.65 Å². The Morgan fingerprint density at radius 2 is 2.12 bits per heavy atom. The number of carbonyl (C=O) groups excluding carboxylic acids is 1. The number of rotatable bonds is 5. The number of anilines is 2. The van der Waals surface area contributed by atoms with Gasteiger partial charge in [0.2, 0.25) is 0 Å². The number of halogens is 5. The molecule has 0 bridgehead atoms. The zero-order chi connectivity index (χ0) is 23.3. The number of piperidine rings is 1. The molecule has 0 saturated carbocycles. The summed E-state index contributed by atoms with van der Waals surface area (Å²) in [5.41, 5.74) is 4.21. The molecule has 0 spiro atoms. The molecule has 3 N–H and O–H groups in total. The topological polar surface area (TPSA) is 106 Å². The fraction of sp³-hybridized carbons (Fsp3) is 0.444. The van der Waals surface area contributed by atoms with Crippen LogP contribution in [0.1, 0.15) is 22.5 Å². The van der Waals surface area contributed by atoms with Gasteiger partial charge in [-0.05, 0) is 6.07 Å². The lowest BCUT2D eigenvalue weighted by molar-refractivity contribution is -0.0394. The van der Waals surface area contributed by atoms with E-state index in [1.165, 1.54) is 28.9 Å². The van der Waals surface area contributed by atoms with E-state index in [1.807, 2.05) is 0 Å². The number of carbonyl (C=O) groups is 1. The van der Waals surface area contributed by atoms with Crippen LogP contribution in [-0.4, -0.2) is 62.0 Å². The van der Waals surface area contributed by atoms with Crippen molar-refractivity contribution in [3.63, 3.8) is 0 Å². The van der Waals surface area contributed by atoms with Gasteiger partial charge in [0.15, 0.2) is 23.8 Å². The first kappa shape index (κ1) is 21.9. The summed E-state index contributed by atoms with van der Waals surface area (Å²) in [7, 11) is 1.34. The minimum atomic E-state index is -3.92. The van der Waals surface area contributed by atoms with Gasteiger partial charge in [-0.1, -0.05) is 0 Å². The zero-order valence-electron chi connectivity index (χ0n) is 16.8. The molecule has 3 aromatic rings. The Hall–Kier alpha value is -3.29. The van der Waals surface area contributed by atoms with Gasteiger partial charge >= 0.3 is 5.92 Å². The van der Waals surface area contributed by atoms with Gasteiger partial charge in [0.05, 0.1) is 11.7 Å². The fourth-order valence-electron chi connectivity index (χ4n) is 3.52. The van der Waals surface area contributed by atoms with E-state index >= 15 is 0 Å². The second kappa shape index (κ2) is 7.69. The van der Waals surface area contributed by atoms with Crippen LogP contribution in [0, 0.1) is 0 Å². The lowest BCUT2D eigenvalue weighted by Crippen LogP contribution is -2.55. The predicted octanol–water partition coefficient (Wildman–Crippen LogP) is 1.95. The third-order valence-electron chi connectivity index (χ3n) is 5.17. The van der Waals surface area contributed by atoms with E-state index in [2.05, 4.69) is 20.5 Å². The highest BCUT2D eigenvalue weighted by Crippen LogP contribution is 2.35. The molecule has 1 fully saturated rings. The number of nitrogens with one attached hydrogen (secondary N) is 1. The monoisotopic (exact) mass is 458 g/mol. The van der Waals surface area contributed by atoms with Crippen molar-refractivity contribution in [1.29, 1.82) is 0 Å². The summed E-state index contributed by atoms with van der Waals surface area (Å²) >= 11 is 0. The van der Waals surface area contributed by atoms with Crippen molar-refractivity contribution in [1.82, 2.24) is 24.4 Å². The number of alkyl halides is 5. The maximum Gasteiger partial charge on any atom is 0.321 e. The highest BCUT2D eigenvalue weighted by Gasteiger charge is 2.43. The van der Waals surface area contributed by atoms with Gasteiger partial charge in [-0.25, -0.2) is 22.7 Å². The molecule has 32 heavy (non-hydrogen) atoms. The van der Waals surface area contributed by atoms with Crippen molar-refractivity contribution in [2.24, 2.45) is 12.8 Å². The van der Waals surface area contributed by atoms with E-state index in [0.29, 0.717) is 0 Å². The molecule has 4 rings (SSSR count). The first-order valence-corrected chi connectivity index (χ1v) is 9.54. The standard InChI is InChI=1S/C18H19F5N8O/c1-29-7-10(13(27-29)18(22,23)9-19)26-16(32)12-14-25-4-2-5-31(14)28-15(12)30-6-3-17(20,21)11(24)8-30/h2,4-5,7,11H,3,6,8-9,24H2,1H3,(H,26,32). The molecule has 0 aliphatic carbocycles. The average molecular weight is 458 g/mol. The lowest BCUT2D eigenvalue weighted by Gasteiger charge is -2.36. The van der Waals surface area contributed by atoms with E-state index in [1.54, 1.807) is 6.07 Å². The molecule has 1 aliphatic rings. The van der Waals surface area contributed by atoms with Crippen LogP contribution in [0.15, 0.2) is 24.7 Å². The summed E-state index contributed by atoms with van der Waals surface area (Å²) in [5, 5.41) is 10.1. The molecule has 4 heterocycles. The molecule has 3 aromatic heterocycles. The third kappa shape index (κ3) is 3.74. The van der Waals surface area contributed by atoms with Crippen LogP contribution in [0.5, 0.6) is 0 Å². The van der Waals surface area contributed by atoms with Crippen molar-refractivity contribution in [2.75, 3.05) is 30.0 Å². The first-order chi connectivity index (χ1) is 15.0.